The van der Waals surface area contributed by atoms with Crippen LogP contribution in [-0.2, 0) is 14.3 Å². The van der Waals surface area contributed by atoms with Crippen molar-refractivity contribution in [3.05, 3.63) is 65.4 Å². The molecule has 0 saturated heterocycles. The number of aliphatic imine (C=N–C) groups is 1. The van der Waals surface area contributed by atoms with Crippen molar-refractivity contribution in [2.24, 2.45) is 4.99 Å². The van der Waals surface area contributed by atoms with Crippen LogP contribution in [0.5, 0.6) is 5.75 Å². The molecule has 0 aliphatic carbocycles. The van der Waals surface area contributed by atoms with Gasteiger partial charge < -0.3 is 9.47 Å². The largest absolute Gasteiger partial charge is 0.494 e. The second kappa shape index (κ2) is 10.1. The Bertz CT molecular complexity index is 983. The minimum Gasteiger partial charge on any atom is -0.494 e. The van der Waals surface area contributed by atoms with Gasteiger partial charge in [-0.2, -0.15) is 0 Å². The van der Waals surface area contributed by atoms with Crippen LogP contribution in [0.3, 0.4) is 0 Å². The van der Waals surface area contributed by atoms with Crippen molar-refractivity contribution < 1.29 is 19.1 Å². The minimum absolute atomic E-state index is 0.0746. The van der Waals surface area contributed by atoms with Gasteiger partial charge >= 0.3 is 5.97 Å². The zero-order valence-corrected chi connectivity index (χ0v) is 18.1. The van der Waals surface area contributed by atoms with Gasteiger partial charge in [0, 0.05) is 0 Å². The summed E-state index contributed by atoms with van der Waals surface area (Å²) in [7, 11) is 0. The lowest BCUT2D eigenvalue weighted by atomic mass is 10.1. The Balaban J connectivity index is 1.91. The van der Waals surface area contributed by atoms with E-state index in [0.717, 1.165) is 16.9 Å². The molecule has 2 aromatic carbocycles. The van der Waals surface area contributed by atoms with Crippen LogP contribution in [0.1, 0.15) is 25.0 Å². The van der Waals surface area contributed by atoms with E-state index in [-0.39, 0.29) is 17.6 Å². The smallest absolute Gasteiger partial charge is 0.316 e. The van der Waals surface area contributed by atoms with Crippen LogP contribution in [0.25, 0.3) is 6.08 Å². The van der Waals surface area contributed by atoms with E-state index in [9.17, 15) is 9.59 Å². The summed E-state index contributed by atoms with van der Waals surface area (Å²) in [6.45, 7) is 6.54. The van der Waals surface area contributed by atoms with Gasteiger partial charge in [-0.05, 0) is 56.7 Å². The number of aryl methyl sites for hydroxylation is 1. The maximum atomic E-state index is 13.2. The number of rotatable bonds is 7. The number of carbonyl (C=O) groups excluding carboxylic acids is 2. The number of thioether (sulfide) groups is 1. The molecule has 6 nitrogen and oxygen atoms in total. The highest BCUT2D eigenvalue weighted by Crippen LogP contribution is 2.30. The number of ether oxygens (including phenoxy) is 2. The topological polar surface area (TPSA) is 68.2 Å². The van der Waals surface area contributed by atoms with E-state index in [1.807, 2.05) is 50.2 Å². The van der Waals surface area contributed by atoms with Gasteiger partial charge in [-0.3, -0.25) is 14.5 Å². The third-order valence-electron chi connectivity index (χ3n) is 4.21. The highest BCUT2D eigenvalue weighted by atomic mass is 32.2. The van der Waals surface area contributed by atoms with Crippen molar-refractivity contribution in [3.8, 4) is 5.75 Å². The standard InChI is InChI=1S/C23H24N2O4S/c1-4-28-19-11-9-18(10-12-19)25-22(27)20(14-17-8-6-7-16(3)13-17)24-23(25)30-15-21(26)29-5-2/h6-14H,4-5,15H2,1-3H3/b20-14-. The van der Waals surface area contributed by atoms with Crippen LogP contribution < -0.4 is 9.64 Å². The molecule has 1 heterocycles. The van der Waals surface area contributed by atoms with Gasteiger partial charge in [0.25, 0.3) is 5.91 Å². The number of anilines is 1. The summed E-state index contributed by atoms with van der Waals surface area (Å²) in [5.41, 5.74) is 2.97. The highest BCUT2D eigenvalue weighted by molar-refractivity contribution is 8.14. The van der Waals surface area contributed by atoms with Crippen molar-refractivity contribution in [2.75, 3.05) is 23.9 Å². The Kier molecular flexibility index (Phi) is 7.30. The lowest BCUT2D eigenvalue weighted by Crippen LogP contribution is -2.31. The van der Waals surface area contributed by atoms with Gasteiger partial charge in [-0.1, -0.05) is 41.6 Å². The number of nitrogens with zero attached hydrogens (tertiary/aromatic N) is 2. The average Bonchev–Trinajstić information content (AvgIpc) is 3.03. The van der Waals surface area contributed by atoms with Crippen molar-refractivity contribution >= 4 is 40.6 Å². The Morgan fingerprint density at radius 2 is 1.90 bits per heavy atom. The van der Waals surface area contributed by atoms with E-state index in [0.29, 0.717) is 29.8 Å². The molecule has 0 atom stereocenters. The number of amides is 1. The molecule has 1 amide bonds. The van der Waals surface area contributed by atoms with Crippen molar-refractivity contribution in [3.63, 3.8) is 0 Å². The first-order valence-electron chi connectivity index (χ1n) is 9.74. The van der Waals surface area contributed by atoms with Gasteiger partial charge in [0.15, 0.2) is 5.17 Å². The first-order valence-corrected chi connectivity index (χ1v) is 10.7. The fourth-order valence-electron chi connectivity index (χ4n) is 2.92. The number of esters is 1. The van der Waals surface area contributed by atoms with Crippen LogP contribution in [0.2, 0.25) is 0 Å². The molecule has 2 aromatic rings. The summed E-state index contributed by atoms with van der Waals surface area (Å²) < 4.78 is 10.5. The molecule has 156 valence electrons. The van der Waals surface area contributed by atoms with E-state index in [1.54, 1.807) is 25.1 Å². The monoisotopic (exact) mass is 424 g/mol. The zero-order chi connectivity index (χ0) is 21.5. The molecule has 0 spiro atoms. The maximum Gasteiger partial charge on any atom is 0.316 e. The van der Waals surface area contributed by atoms with E-state index >= 15 is 0 Å². The summed E-state index contributed by atoms with van der Waals surface area (Å²) in [5.74, 6) is 0.207. The number of benzene rings is 2. The van der Waals surface area contributed by atoms with Gasteiger partial charge in [-0.25, -0.2) is 4.99 Å². The molecule has 0 fully saturated rings. The average molecular weight is 425 g/mol. The van der Waals surface area contributed by atoms with E-state index in [2.05, 4.69) is 4.99 Å². The highest BCUT2D eigenvalue weighted by Gasteiger charge is 2.32. The quantitative estimate of drug-likeness (QED) is 0.486. The molecule has 0 N–H and O–H groups in total. The third kappa shape index (κ3) is 5.30. The lowest BCUT2D eigenvalue weighted by molar-refractivity contribution is -0.139. The van der Waals surface area contributed by atoms with Crippen LogP contribution in [0.15, 0.2) is 59.2 Å². The van der Waals surface area contributed by atoms with Crippen LogP contribution >= 0.6 is 11.8 Å². The Hall–Kier alpha value is -3.06. The second-order valence-corrected chi connectivity index (χ2v) is 7.44. The second-order valence-electron chi connectivity index (χ2n) is 6.50. The molecular weight excluding hydrogens is 400 g/mol. The predicted molar refractivity (Wildman–Crippen MR) is 121 cm³/mol. The van der Waals surface area contributed by atoms with Crippen LogP contribution in [0.4, 0.5) is 5.69 Å². The molecule has 0 bridgehead atoms. The molecule has 0 radical (unpaired) electrons. The van der Waals surface area contributed by atoms with Gasteiger partial charge in [0.2, 0.25) is 0 Å². The van der Waals surface area contributed by atoms with Crippen molar-refractivity contribution in [1.29, 1.82) is 0 Å². The Morgan fingerprint density at radius 3 is 2.57 bits per heavy atom. The molecule has 7 heteroatoms. The fraction of sp³-hybridized carbons (Fsp3) is 0.261. The first-order chi connectivity index (χ1) is 14.5. The lowest BCUT2D eigenvalue weighted by Gasteiger charge is -2.18. The number of amidine groups is 1. The SMILES string of the molecule is CCOC(=O)CSC1=N/C(=C\c2cccc(C)c2)C(=O)N1c1ccc(OCC)cc1. The minimum atomic E-state index is -0.347. The molecule has 0 unspecified atom stereocenters. The van der Waals surface area contributed by atoms with Crippen molar-refractivity contribution in [2.45, 2.75) is 20.8 Å². The maximum absolute atomic E-state index is 13.2. The summed E-state index contributed by atoms with van der Waals surface area (Å²) in [5, 5.41) is 0.441. The van der Waals surface area contributed by atoms with Crippen LogP contribution in [-0.4, -0.2) is 36.0 Å². The van der Waals surface area contributed by atoms with Gasteiger partial charge in [0.05, 0.1) is 24.7 Å². The zero-order valence-electron chi connectivity index (χ0n) is 17.3. The van der Waals surface area contributed by atoms with Gasteiger partial charge in [-0.15, -0.1) is 0 Å². The normalized spacial score (nSPS) is 14.8. The number of carbonyl (C=O) groups is 2. The van der Waals surface area contributed by atoms with Gasteiger partial charge in [0.1, 0.15) is 11.4 Å². The van der Waals surface area contributed by atoms with Crippen molar-refractivity contribution in [1.82, 2.24) is 0 Å². The first kappa shape index (κ1) is 21.6. The molecule has 3 rings (SSSR count). The molecular formula is C23H24N2O4S. The third-order valence-corrected chi connectivity index (χ3v) is 5.12. The summed E-state index contributed by atoms with van der Waals surface area (Å²) in [6, 6.07) is 15.1. The molecule has 1 aliphatic rings. The Labute approximate surface area is 180 Å². The summed E-state index contributed by atoms with van der Waals surface area (Å²) in [6.07, 6.45) is 1.76. The molecule has 0 aromatic heterocycles. The summed E-state index contributed by atoms with van der Waals surface area (Å²) in [4.78, 5) is 31.0. The fourth-order valence-corrected chi connectivity index (χ4v) is 3.73. The van der Waals surface area contributed by atoms with E-state index in [4.69, 9.17) is 9.47 Å². The Morgan fingerprint density at radius 1 is 1.13 bits per heavy atom. The molecule has 0 saturated carbocycles. The predicted octanol–water partition coefficient (Wildman–Crippen LogP) is 4.43. The summed E-state index contributed by atoms with van der Waals surface area (Å²) >= 11 is 1.18. The van der Waals surface area contributed by atoms with E-state index in [1.165, 1.54) is 16.7 Å². The number of hydrogen-bond acceptors (Lipinski definition) is 6. The van der Waals surface area contributed by atoms with Crippen LogP contribution in [0, 0.1) is 6.92 Å². The van der Waals surface area contributed by atoms with E-state index < -0.39 is 0 Å². The molecule has 1 aliphatic heterocycles. The molecule has 30 heavy (non-hydrogen) atoms. The number of hydrogen-bond donors (Lipinski definition) is 0.